The molecule has 10 heavy (non-hydrogen) atoms. The SMILES string of the molecule is N/C=C/c1cccc(Br)c1. The summed E-state index contributed by atoms with van der Waals surface area (Å²) in [4.78, 5) is 0. The fourth-order valence-electron chi connectivity index (χ4n) is 0.721. The average molecular weight is 198 g/mol. The smallest absolute Gasteiger partial charge is 0.0181 e. The lowest BCUT2D eigenvalue weighted by Crippen LogP contribution is -1.76. The molecule has 0 radical (unpaired) electrons. The highest BCUT2D eigenvalue weighted by molar-refractivity contribution is 9.10. The topological polar surface area (TPSA) is 26.0 Å². The number of benzene rings is 1. The lowest BCUT2D eigenvalue weighted by Gasteiger charge is -1.91. The van der Waals surface area contributed by atoms with Crippen molar-refractivity contribution in [3.05, 3.63) is 40.5 Å². The van der Waals surface area contributed by atoms with Crippen LogP contribution in [0, 0.1) is 0 Å². The molecule has 1 nitrogen and oxygen atoms in total. The molecular formula is C8H8BrN. The molecule has 2 heteroatoms. The molecule has 0 spiro atoms. The number of halogens is 1. The van der Waals surface area contributed by atoms with E-state index in [0.717, 1.165) is 10.0 Å². The van der Waals surface area contributed by atoms with E-state index >= 15 is 0 Å². The summed E-state index contributed by atoms with van der Waals surface area (Å²) >= 11 is 3.36. The van der Waals surface area contributed by atoms with Gasteiger partial charge in [-0.3, -0.25) is 0 Å². The maximum absolute atomic E-state index is 5.21. The van der Waals surface area contributed by atoms with Gasteiger partial charge in [0.2, 0.25) is 0 Å². The molecule has 0 unspecified atom stereocenters. The van der Waals surface area contributed by atoms with Gasteiger partial charge in [0.25, 0.3) is 0 Å². The fraction of sp³-hybridized carbons (Fsp3) is 0. The Hall–Kier alpha value is -0.760. The first-order valence-electron chi connectivity index (χ1n) is 2.97. The summed E-state index contributed by atoms with van der Waals surface area (Å²) < 4.78 is 1.07. The summed E-state index contributed by atoms with van der Waals surface area (Å²) in [5.41, 5.74) is 6.32. The molecule has 0 aromatic heterocycles. The van der Waals surface area contributed by atoms with E-state index in [2.05, 4.69) is 15.9 Å². The van der Waals surface area contributed by atoms with Gasteiger partial charge >= 0.3 is 0 Å². The number of hydrogen-bond donors (Lipinski definition) is 1. The van der Waals surface area contributed by atoms with Crippen molar-refractivity contribution in [2.45, 2.75) is 0 Å². The van der Waals surface area contributed by atoms with Gasteiger partial charge in [-0.25, -0.2) is 0 Å². The van der Waals surface area contributed by atoms with Gasteiger partial charge in [0.05, 0.1) is 0 Å². The molecule has 0 bridgehead atoms. The standard InChI is InChI=1S/C8H8BrN/c9-8-3-1-2-7(6-8)4-5-10/h1-6H,10H2/b5-4+. The molecule has 2 N–H and O–H groups in total. The zero-order valence-electron chi connectivity index (χ0n) is 5.42. The van der Waals surface area contributed by atoms with Crippen LogP contribution in [0.4, 0.5) is 0 Å². The Kier molecular flexibility index (Phi) is 2.51. The third-order valence-electron chi connectivity index (χ3n) is 1.14. The second-order valence-electron chi connectivity index (χ2n) is 1.91. The van der Waals surface area contributed by atoms with Crippen LogP contribution >= 0.6 is 15.9 Å². The van der Waals surface area contributed by atoms with Crippen molar-refractivity contribution < 1.29 is 0 Å². The Bertz CT molecular complexity index is 243. The Morgan fingerprint density at radius 1 is 1.40 bits per heavy atom. The van der Waals surface area contributed by atoms with Crippen LogP contribution in [-0.2, 0) is 0 Å². The first-order chi connectivity index (χ1) is 4.83. The van der Waals surface area contributed by atoms with E-state index in [1.807, 2.05) is 30.3 Å². The summed E-state index contributed by atoms with van der Waals surface area (Å²) in [5.74, 6) is 0. The van der Waals surface area contributed by atoms with E-state index in [4.69, 9.17) is 5.73 Å². The van der Waals surface area contributed by atoms with E-state index in [0.29, 0.717) is 0 Å². The highest BCUT2D eigenvalue weighted by Crippen LogP contribution is 2.11. The quantitative estimate of drug-likeness (QED) is 0.736. The molecule has 0 saturated heterocycles. The van der Waals surface area contributed by atoms with Gasteiger partial charge in [-0.2, -0.15) is 0 Å². The molecular weight excluding hydrogens is 190 g/mol. The molecule has 1 aromatic rings. The molecule has 0 aliphatic carbocycles. The molecule has 1 aromatic carbocycles. The second kappa shape index (κ2) is 3.42. The lowest BCUT2D eigenvalue weighted by molar-refractivity contribution is 1.58. The maximum atomic E-state index is 5.21. The molecule has 0 aliphatic heterocycles. The Balaban J connectivity index is 2.95. The van der Waals surface area contributed by atoms with Crippen LogP contribution < -0.4 is 5.73 Å². The van der Waals surface area contributed by atoms with E-state index in [1.54, 1.807) is 0 Å². The summed E-state index contributed by atoms with van der Waals surface area (Å²) in [6.45, 7) is 0. The largest absolute Gasteiger partial charge is 0.405 e. The Morgan fingerprint density at radius 2 is 2.20 bits per heavy atom. The summed E-state index contributed by atoms with van der Waals surface area (Å²) in [6, 6.07) is 7.95. The van der Waals surface area contributed by atoms with Crippen LogP contribution in [0.1, 0.15) is 5.56 Å². The van der Waals surface area contributed by atoms with Crippen molar-refractivity contribution in [3.63, 3.8) is 0 Å². The van der Waals surface area contributed by atoms with Crippen LogP contribution in [0.25, 0.3) is 6.08 Å². The highest BCUT2D eigenvalue weighted by atomic mass is 79.9. The van der Waals surface area contributed by atoms with E-state index in [9.17, 15) is 0 Å². The minimum Gasteiger partial charge on any atom is -0.405 e. The van der Waals surface area contributed by atoms with Gasteiger partial charge in [0.1, 0.15) is 0 Å². The predicted molar refractivity (Wildman–Crippen MR) is 47.4 cm³/mol. The van der Waals surface area contributed by atoms with Crippen LogP contribution in [0.3, 0.4) is 0 Å². The number of rotatable bonds is 1. The predicted octanol–water partition coefficient (Wildman–Crippen LogP) is 2.38. The fourth-order valence-corrected chi connectivity index (χ4v) is 1.14. The third kappa shape index (κ3) is 1.88. The van der Waals surface area contributed by atoms with Crippen LogP contribution in [-0.4, -0.2) is 0 Å². The molecule has 1 rings (SSSR count). The van der Waals surface area contributed by atoms with Crippen molar-refractivity contribution in [2.24, 2.45) is 5.73 Å². The highest BCUT2D eigenvalue weighted by Gasteiger charge is 1.85. The van der Waals surface area contributed by atoms with Gasteiger partial charge in [0, 0.05) is 4.47 Å². The molecule has 0 saturated carbocycles. The van der Waals surface area contributed by atoms with Gasteiger partial charge in [-0.05, 0) is 30.0 Å². The Morgan fingerprint density at radius 3 is 2.80 bits per heavy atom. The van der Waals surface area contributed by atoms with Crippen molar-refractivity contribution in [3.8, 4) is 0 Å². The monoisotopic (exact) mass is 197 g/mol. The summed E-state index contributed by atoms with van der Waals surface area (Å²) in [6.07, 6.45) is 3.38. The second-order valence-corrected chi connectivity index (χ2v) is 2.83. The molecule has 0 amide bonds. The van der Waals surface area contributed by atoms with Gasteiger partial charge < -0.3 is 5.73 Å². The van der Waals surface area contributed by atoms with Crippen LogP contribution in [0.5, 0.6) is 0 Å². The molecule has 0 aliphatic rings. The number of hydrogen-bond acceptors (Lipinski definition) is 1. The van der Waals surface area contributed by atoms with Crippen LogP contribution in [0.15, 0.2) is 34.9 Å². The van der Waals surface area contributed by atoms with Gasteiger partial charge in [-0.15, -0.1) is 0 Å². The van der Waals surface area contributed by atoms with Gasteiger partial charge in [-0.1, -0.05) is 28.1 Å². The van der Waals surface area contributed by atoms with Crippen molar-refractivity contribution in [1.82, 2.24) is 0 Å². The molecule has 0 fully saturated rings. The third-order valence-corrected chi connectivity index (χ3v) is 1.63. The zero-order chi connectivity index (χ0) is 7.40. The van der Waals surface area contributed by atoms with Crippen molar-refractivity contribution >= 4 is 22.0 Å². The Labute approximate surface area is 68.7 Å². The number of nitrogens with two attached hydrogens (primary N) is 1. The van der Waals surface area contributed by atoms with Crippen molar-refractivity contribution in [1.29, 1.82) is 0 Å². The van der Waals surface area contributed by atoms with Gasteiger partial charge in [0.15, 0.2) is 0 Å². The summed E-state index contributed by atoms with van der Waals surface area (Å²) in [5, 5.41) is 0. The minimum atomic E-state index is 1.07. The van der Waals surface area contributed by atoms with E-state index < -0.39 is 0 Å². The maximum Gasteiger partial charge on any atom is 0.0181 e. The molecule has 0 heterocycles. The molecule has 52 valence electrons. The normalized spacial score (nSPS) is 10.5. The zero-order valence-corrected chi connectivity index (χ0v) is 7.01. The van der Waals surface area contributed by atoms with E-state index in [1.165, 1.54) is 6.20 Å². The first-order valence-corrected chi connectivity index (χ1v) is 3.76. The average Bonchev–Trinajstić information content (AvgIpc) is 1.88. The van der Waals surface area contributed by atoms with E-state index in [-0.39, 0.29) is 0 Å². The van der Waals surface area contributed by atoms with Crippen molar-refractivity contribution in [2.75, 3.05) is 0 Å². The van der Waals surface area contributed by atoms with Crippen LogP contribution in [0.2, 0.25) is 0 Å². The summed E-state index contributed by atoms with van der Waals surface area (Å²) in [7, 11) is 0. The molecule has 0 atom stereocenters. The first kappa shape index (κ1) is 7.35. The minimum absolute atomic E-state index is 1.07. The lowest BCUT2D eigenvalue weighted by atomic mass is 10.2.